The number of hydrogen-bond acceptors (Lipinski definition) is 3. The number of amides is 1. The summed E-state index contributed by atoms with van der Waals surface area (Å²) < 4.78 is 5.38. The van der Waals surface area contributed by atoms with Gasteiger partial charge in [-0.15, -0.1) is 0 Å². The van der Waals surface area contributed by atoms with Gasteiger partial charge in [-0.3, -0.25) is 4.79 Å². The van der Waals surface area contributed by atoms with E-state index in [0.717, 1.165) is 39.0 Å². The zero-order valence-corrected chi connectivity index (χ0v) is 12.8. The molecule has 2 N–H and O–H groups in total. The van der Waals surface area contributed by atoms with E-state index >= 15 is 0 Å². The van der Waals surface area contributed by atoms with Gasteiger partial charge >= 0.3 is 0 Å². The minimum atomic E-state index is 0.224. The maximum absolute atomic E-state index is 12.2. The molecule has 0 aromatic rings. The predicted molar refractivity (Wildman–Crippen MR) is 77.9 cm³/mol. The van der Waals surface area contributed by atoms with E-state index in [0.29, 0.717) is 25.5 Å². The van der Waals surface area contributed by atoms with Crippen LogP contribution < -0.4 is 5.73 Å². The Labute approximate surface area is 117 Å². The van der Waals surface area contributed by atoms with Crippen molar-refractivity contribution in [3.8, 4) is 0 Å². The molecular weight excluding hydrogens is 240 g/mol. The molecule has 1 fully saturated rings. The molecule has 1 saturated heterocycles. The fraction of sp³-hybridized carbons (Fsp3) is 0.933. The third kappa shape index (κ3) is 5.91. The summed E-state index contributed by atoms with van der Waals surface area (Å²) in [6.07, 6.45) is 3.54. The summed E-state index contributed by atoms with van der Waals surface area (Å²) in [6, 6.07) is 0. The normalized spacial score (nSPS) is 19.1. The van der Waals surface area contributed by atoms with Gasteiger partial charge in [-0.25, -0.2) is 0 Å². The molecule has 0 aromatic carbocycles. The van der Waals surface area contributed by atoms with Gasteiger partial charge in [-0.2, -0.15) is 0 Å². The average molecular weight is 270 g/mol. The number of nitrogens with two attached hydrogens (primary N) is 1. The molecule has 1 aliphatic rings. The van der Waals surface area contributed by atoms with E-state index in [1.165, 1.54) is 0 Å². The molecule has 112 valence electrons. The fourth-order valence-corrected chi connectivity index (χ4v) is 2.66. The standard InChI is InChI=1S/C15H30N2O2/c1-15(2,3)13(7-8-16)5-6-14(18)17-9-4-11-19-12-10-17/h13H,4-12,16H2,1-3H3. The van der Waals surface area contributed by atoms with Crippen molar-refractivity contribution in [2.45, 2.75) is 46.5 Å². The summed E-state index contributed by atoms with van der Waals surface area (Å²) in [4.78, 5) is 14.2. The van der Waals surface area contributed by atoms with Crippen molar-refractivity contribution in [2.24, 2.45) is 17.1 Å². The van der Waals surface area contributed by atoms with Gasteiger partial charge in [0.2, 0.25) is 5.91 Å². The van der Waals surface area contributed by atoms with Crippen LogP contribution in [0.15, 0.2) is 0 Å². The Morgan fingerprint density at radius 2 is 2.00 bits per heavy atom. The maximum atomic E-state index is 12.2. The van der Waals surface area contributed by atoms with Gasteiger partial charge in [-0.05, 0) is 37.1 Å². The second kappa shape index (κ2) is 7.85. The highest BCUT2D eigenvalue weighted by Crippen LogP contribution is 2.32. The Kier molecular flexibility index (Phi) is 6.80. The van der Waals surface area contributed by atoms with Crippen molar-refractivity contribution in [3.05, 3.63) is 0 Å². The number of carbonyl (C=O) groups is 1. The van der Waals surface area contributed by atoms with Crippen molar-refractivity contribution >= 4 is 5.91 Å². The zero-order chi connectivity index (χ0) is 14.3. The molecular formula is C15H30N2O2. The molecule has 1 heterocycles. The molecule has 1 amide bonds. The van der Waals surface area contributed by atoms with Crippen LogP contribution in [-0.4, -0.2) is 43.7 Å². The van der Waals surface area contributed by atoms with Crippen LogP contribution in [0, 0.1) is 11.3 Å². The van der Waals surface area contributed by atoms with E-state index in [1.54, 1.807) is 0 Å². The summed E-state index contributed by atoms with van der Waals surface area (Å²) in [7, 11) is 0. The topological polar surface area (TPSA) is 55.6 Å². The molecule has 1 rings (SSSR count). The SMILES string of the molecule is CC(C)(C)C(CCN)CCC(=O)N1CCCOCC1. The van der Waals surface area contributed by atoms with Crippen molar-refractivity contribution in [1.82, 2.24) is 4.90 Å². The molecule has 1 atom stereocenters. The van der Waals surface area contributed by atoms with Crippen LogP contribution in [0.4, 0.5) is 0 Å². The largest absolute Gasteiger partial charge is 0.380 e. The van der Waals surface area contributed by atoms with E-state index in [2.05, 4.69) is 20.8 Å². The van der Waals surface area contributed by atoms with Crippen LogP contribution in [0.1, 0.15) is 46.5 Å². The quantitative estimate of drug-likeness (QED) is 0.831. The van der Waals surface area contributed by atoms with E-state index < -0.39 is 0 Å². The van der Waals surface area contributed by atoms with Crippen LogP contribution in [0.3, 0.4) is 0 Å². The summed E-state index contributed by atoms with van der Waals surface area (Å²) in [5, 5.41) is 0. The van der Waals surface area contributed by atoms with E-state index in [-0.39, 0.29) is 11.3 Å². The lowest BCUT2D eigenvalue weighted by atomic mass is 9.76. The van der Waals surface area contributed by atoms with Crippen LogP contribution in [0.25, 0.3) is 0 Å². The van der Waals surface area contributed by atoms with Crippen LogP contribution in [0.2, 0.25) is 0 Å². The highest BCUT2D eigenvalue weighted by molar-refractivity contribution is 5.76. The Balaban J connectivity index is 2.42. The van der Waals surface area contributed by atoms with Crippen LogP contribution in [0.5, 0.6) is 0 Å². The number of ether oxygens (including phenoxy) is 1. The number of nitrogens with zero attached hydrogens (tertiary/aromatic N) is 1. The Morgan fingerprint density at radius 1 is 1.26 bits per heavy atom. The first-order valence-corrected chi connectivity index (χ1v) is 7.50. The van der Waals surface area contributed by atoms with E-state index in [4.69, 9.17) is 10.5 Å². The second-order valence-electron chi connectivity index (χ2n) is 6.53. The third-order valence-corrected chi connectivity index (χ3v) is 4.02. The molecule has 0 radical (unpaired) electrons. The lowest BCUT2D eigenvalue weighted by Gasteiger charge is -2.31. The Morgan fingerprint density at radius 3 is 2.63 bits per heavy atom. The smallest absolute Gasteiger partial charge is 0.222 e. The van der Waals surface area contributed by atoms with Crippen LogP contribution in [-0.2, 0) is 9.53 Å². The lowest BCUT2D eigenvalue weighted by molar-refractivity contribution is -0.131. The molecule has 1 unspecified atom stereocenters. The molecule has 0 saturated carbocycles. The van der Waals surface area contributed by atoms with Gasteiger partial charge in [-0.1, -0.05) is 20.8 Å². The monoisotopic (exact) mass is 270 g/mol. The van der Waals surface area contributed by atoms with Gasteiger partial charge in [0.15, 0.2) is 0 Å². The highest BCUT2D eigenvalue weighted by Gasteiger charge is 2.25. The van der Waals surface area contributed by atoms with Crippen molar-refractivity contribution < 1.29 is 9.53 Å². The van der Waals surface area contributed by atoms with Gasteiger partial charge in [0.1, 0.15) is 0 Å². The maximum Gasteiger partial charge on any atom is 0.222 e. The van der Waals surface area contributed by atoms with Gasteiger partial charge in [0, 0.05) is 26.1 Å². The first-order chi connectivity index (χ1) is 8.95. The average Bonchev–Trinajstić information content (AvgIpc) is 2.61. The van der Waals surface area contributed by atoms with Gasteiger partial charge < -0.3 is 15.4 Å². The molecule has 0 aromatic heterocycles. The predicted octanol–water partition coefficient (Wildman–Crippen LogP) is 2.03. The van der Waals surface area contributed by atoms with E-state index in [1.807, 2.05) is 4.90 Å². The third-order valence-electron chi connectivity index (χ3n) is 4.02. The minimum absolute atomic E-state index is 0.224. The van der Waals surface area contributed by atoms with Crippen molar-refractivity contribution in [2.75, 3.05) is 32.8 Å². The van der Waals surface area contributed by atoms with Gasteiger partial charge in [0.25, 0.3) is 0 Å². The molecule has 4 heteroatoms. The molecule has 1 aliphatic heterocycles. The first-order valence-electron chi connectivity index (χ1n) is 7.50. The molecule has 0 bridgehead atoms. The van der Waals surface area contributed by atoms with Crippen LogP contribution >= 0.6 is 0 Å². The Hall–Kier alpha value is -0.610. The number of hydrogen-bond donors (Lipinski definition) is 1. The van der Waals surface area contributed by atoms with Crippen molar-refractivity contribution in [1.29, 1.82) is 0 Å². The molecule has 0 spiro atoms. The number of rotatable bonds is 5. The fourth-order valence-electron chi connectivity index (χ4n) is 2.66. The molecule has 4 nitrogen and oxygen atoms in total. The minimum Gasteiger partial charge on any atom is -0.380 e. The summed E-state index contributed by atoms with van der Waals surface area (Å²) in [6.45, 7) is 10.4. The molecule has 0 aliphatic carbocycles. The zero-order valence-electron chi connectivity index (χ0n) is 12.8. The second-order valence-corrected chi connectivity index (χ2v) is 6.53. The van der Waals surface area contributed by atoms with E-state index in [9.17, 15) is 4.79 Å². The lowest BCUT2D eigenvalue weighted by Crippen LogP contribution is -2.34. The summed E-state index contributed by atoms with van der Waals surface area (Å²) >= 11 is 0. The summed E-state index contributed by atoms with van der Waals surface area (Å²) in [5.41, 5.74) is 5.91. The Bertz CT molecular complexity index is 266. The summed E-state index contributed by atoms with van der Waals surface area (Å²) in [5.74, 6) is 0.793. The molecule has 19 heavy (non-hydrogen) atoms. The highest BCUT2D eigenvalue weighted by atomic mass is 16.5. The van der Waals surface area contributed by atoms with Crippen molar-refractivity contribution in [3.63, 3.8) is 0 Å². The first kappa shape index (κ1) is 16.4. The van der Waals surface area contributed by atoms with Gasteiger partial charge in [0.05, 0.1) is 6.61 Å². The number of carbonyl (C=O) groups excluding carboxylic acids is 1.